The van der Waals surface area contributed by atoms with Gasteiger partial charge in [0, 0.05) is 12.6 Å². The molecule has 1 unspecified atom stereocenters. The summed E-state index contributed by atoms with van der Waals surface area (Å²) in [6, 6.07) is 10.7. The third-order valence-corrected chi connectivity index (χ3v) is 8.49. The monoisotopic (exact) mass is 601 g/mol. The van der Waals surface area contributed by atoms with E-state index in [2.05, 4.69) is 5.32 Å². The van der Waals surface area contributed by atoms with E-state index < -0.39 is 45.9 Å². The Morgan fingerprint density at radius 1 is 1.07 bits per heavy atom. The fourth-order valence-corrected chi connectivity index (χ4v) is 6.04. The van der Waals surface area contributed by atoms with Gasteiger partial charge in [0.25, 0.3) is 0 Å². The molecule has 1 N–H and O–H groups in total. The van der Waals surface area contributed by atoms with Crippen molar-refractivity contribution in [3.63, 3.8) is 0 Å². The average Bonchev–Trinajstić information content (AvgIpc) is 2.89. The predicted octanol–water partition coefficient (Wildman–Crippen LogP) is 5.42. The Bertz CT molecular complexity index is 1270. The van der Waals surface area contributed by atoms with Crippen LogP contribution in [0.4, 0.5) is 18.9 Å². The van der Waals surface area contributed by atoms with Crippen LogP contribution < -0.4 is 9.62 Å². The number of rotatable bonds is 11. The zero-order chi connectivity index (χ0) is 29.5. The number of benzene rings is 2. The van der Waals surface area contributed by atoms with Gasteiger partial charge in [-0.05, 0) is 49.4 Å². The molecule has 0 aliphatic heterocycles. The summed E-state index contributed by atoms with van der Waals surface area (Å²) in [4.78, 5) is 28.5. The molecular formula is C28H35ClF3N3O4S. The zero-order valence-corrected chi connectivity index (χ0v) is 24.2. The number of halogens is 4. The molecule has 1 atom stereocenters. The van der Waals surface area contributed by atoms with Crippen LogP contribution in [-0.2, 0) is 32.2 Å². The van der Waals surface area contributed by atoms with Crippen molar-refractivity contribution < 1.29 is 31.2 Å². The van der Waals surface area contributed by atoms with Crippen LogP contribution in [0.15, 0.2) is 48.5 Å². The lowest BCUT2D eigenvalue weighted by molar-refractivity contribution is -0.140. The molecule has 1 saturated carbocycles. The number of amides is 2. The molecule has 7 nitrogen and oxygen atoms in total. The van der Waals surface area contributed by atoms with E-state index in [4.69, 9.17) is 11.6 Å². The lowest BCUT2D eigenvalue weighted by Crippen LogP contribution is -2.54. The summed E-state index contributed by atoms with van der Waals surface area (Å²) >= 11 is 6.14. The highest BCUT2D eigenvalue weighted by molar-refractivity contribution is 7.92. The Hall–Kier alpha value is -2.79. The molecule has 1 fully saturated rings. The van der Waals surface area contributed by atoms with Crippen molar-refractivity contribution in [2.75, 3.05) is 23.7 Å². The quantitative estimate of drug-likeness (QED) is 0.372. The van der Waals surface area contributed by atoms with Gasteiger partial charge in [-0.3, -0.25) is 13.9 Å². The van der Waals surface area contributed by atoms with Crippen molar-refractivity contribution in [2.24, 2.45) is 0 Å². The van der Waals surface area contributed by atoms with Crippen LogP contribution in [0.5, 0.6) is 0 Å². The summed E-state index contributed by atoms with van der Waals surface area (Å²) < 4.78 is 66.3. The second kappa shape index (κ2) is 13.7. The highest BCUT2D eigenvalue weighted by atomic mass is 35.5. The van der Waals surface area contributed by atoms with Gasteiger partial charge in [0.1, 0.15) is 12.6 Å². The van der Waals surface area contributed by atoms with Crippen LogP contribution in [0.3, 0.4) is 0 Å². The van der Waals surface area contributed by atoms with E-state index >= 15 is 0 Å². The second-order valence-corrected chi connectivity index (χ2v) is 12.3. The Balaban J connectivity index is 1.93. The van der Waals surface area contributed by atoms with Gasteiger partial charge in [0.15, 0.2) is 0 Å². The largest absolute Gasteiger partial charge is 0.416 e. The molecule has 2 amide bonds. The van der Waals surface area contributed by atoms with Gasteiger partial charge in [0.05, 0.1) is 22.5 Å². The van der Waals surface area contributed by atoms with Crippen LogP contribution >= 0.6 is 11.6 Å². The molecule has 0 spiro atoms. The molecule has 40 heavy (non-hydrogen) atoms. The number of anilines is 1. The van der Waals surface area contributed by atoms with Crippen molar-refractivity contribution >= 4 is 39.1 Å². The molecule has 1 aliphatic carbocycles. The third kappa shape index (κ3) is 8.60. The van der Waals surface area contributed by atoms with Crippen molar-refractivity contribution in [2.45, 2.75) is 70.1 Å². The molecule has 220 valence electrons. The smallest absolute Gasteiger partial charge is 0.352 e. The summed E-state index contributed by atoms with van der Waals surface area (Å²) in [6.45, 7) is 1.04. The highest BCUT2D eigenvalue weighted by Gasteiger charge is 2.35. The van der Waals surface area contributed by atoms with Gasteiger partial charge >= 0.3 is 6.18 Å². The lowest BCUT2D eigenvalue weighted by atomic mass is 9.95. The average molecular weight is 602 g/mol. The van der Waals surface area contributed by atoms with Crippen molar-refractivity contribution in [1.82, 2.24) is 10.2 Å². The topological polar surface area (TPSA) is 86.8 Å². The van der Waals surface area contributed by atoms with E-state index in [9.17, 15) is 31.2 Å². The summed E-state index contributed by atoms with van der Waals surface area (Å²) in [7, 11) is -4.24. The molecule has 12 heteroatoms. The maximum atomic E-state index is 13.8. The van der Waals surface area contributed by atoms with Crippen LogP contribution in [0.25, 0.3) is 0 Å². The number of hydrogen-bond donors (Lipinski definition) is 1. The second-order valence-electron chi connectivity index (χ2n) is 10.0. The minimum absolute atomic E-state index is 0.00203. The molecule has 2 aromatic carbocycles. The first-order chi connectivity index (χ1) is 18.8. The number of nitrogens with one attached hydrogen (secondary N) is 1. The van der Waals surface area contributed by atoms with Crippen LogP contribution in [0.1, 0.15) is 56.6 Å². The third-order valence-electron chi connectivity index (χ3n) is 7.04. The van der Waals surface area contributed by atoms with Gasteiger partial charge in [0.2, 0.25) is 21.8 Å². The Morgan fingerprint density at radius 3 is 2.30 bits per heavy atom. The first-order valence-electron chi connectivity index (χ1n) is 13.3. The van der Waals surface area contributed by atoms with E-state index in [0.717, 1.165) is 56.1 Å². The summed E-state index contributed by atoms with van der Waals surface area (Å²) in [5, 5.41) is 2.78. The van der Waals surface area contributed by atoms with Crippen LogP contribution in [0, 0.1) is 0 Å². The number of carbonyl (C=O) groups excluding carboxylic acids is 2. The molecule has 0 bridgehead atoms. The number of nitrogens with zero attached hydrogens (tertiary/aromatic N) is 2. The van der Waals surface area contributed by atoms with E-state index in [1.165, 1.54) is 4.90 Å². The first kappa shape index (κ1) is 31.7. The fourth-order valence-electron chi connectivity index (χ4n) is 4.92. The molecule has 3 rings (SSSR count). The molecular weight excluding hydrogens is 567 g/mol. The fraction of sp³-hybridized carbons (Fsp3) is 0.500. The Labute approximate surface area is 238 Å². The number of carbonyl (C=O) groups is 2. The van der Waals surface area contributed by atoms with E-state index in [1.54, 1.807) is 6.92 Å². The number of hydrogen-bond acceptors (Lipinski definition) is 4. The minimum atomic E-state index is -4.75. The zero-order valence-electron chi connectivity index (χ0n) is 22.6. The molecule has 1 aliphatic rings. The maximum absolute atomic E-state index is 13.8. The normalized spacial score (nSPS) is 15.3. The highest BCUT2D eigenvalue weighted by Crippen LogP contribution is 2.36. The summed E-state index contributed by atoms with van der Waals surface area (Å²) in [5.41, 5.74) is -0.661. The summed E-state index contributed by atoms with van der Waals surface area (Å²) in [6.07, 6.45) is 1.48. The van der Waals surface area contributed by atoms with Crippen molar-refractivity contribution in [3.8, 4) is 0 Å². The van der Waals surface area contributed by atoms with Gasteiger partial charge < -0.3 is 10.2 Å². The van der Waals surface area contributed by atoms with Crippen molar-refractivity contribution in [3.05, 3.63) is 64.7 Å². The Kier molecular flexibility index (Phi) is 10.9. The van der Waals surface area contributed by atoms with Gasteiger partial charge in [-0.25, -0.2) is 8.42 Å². The molecule has 0 radical (unpaired) electrons. The summed E-state index contributed by atoms with van der Waals surface area (Å²) in [5.74, 6) is -1.06. The lowest BCUT2D eigenvalue weighted by Gasteiger charge is -2.34. The van der Waals surface area contributed by atoms with E-state index in [-0.39, 0.29) is 29.9 Å². The van der Waals surface area contributed by atoms with Gasteiger partial charge in [-0.2, -0.15) is 13.2 Å². The van der Waals surface area contributed by atoms with Gasteiger partial charge in [-0.15, -0.1) is 0 Å². The number of sulfonamides is 1. The molecule has 0 heterocycles. The van der Waals surface area contributed by atoms with Crippen molar-refractivity contribution in [1.29, 1.82) is 0 Å². The van der Waals surface area contributed by atoms with E-state index in [1.807, 2.05) is 30.3 Å². The SMILES string of the molecule is CCC(C(=O)NC1CCCCC1)N(CCc1ccccc1)C(=O)CN(c1cc(C(F)(F)F)ccc1Cl)S(C)(=O)=O. The molecule has 0 aromatic heterocycles. The number of alkyl halides is 3. The Morgan fingerprint density at radius 2 is 1.73 bits per heavy atom. The standard InChI is InChI=1S/C28H35ClF3N3O4S/c1-3-24(27(37)33-22-12-8-5-9-13-22)34(17-16-20-10-6-4-7-11-20)26(36)19-35(40(2,38)39)25-18-21(28(30,31)32)14-15-23(25)29/h4,6-7,10-11,14-15,18,22,24H,3,5,8-9,12-13,16-17,19H2,1-2H3,(H,33,37). The predicted molar refractivity (Wildman–Crippen MR) is 150 cm³/mol. The van der Waals surface area contributed by atoms with Crippen LogP contribution in [-0.4, -0.2) is 56.6 Å². The molecule has 2 aromatic rings. The van der Waals surface area contributed by atoms with E-state index in [0.29, 0.717) is 16.8 Å². The maximum Gasteiger partial charge on any atom is 0.416 e. The minimum Gasteiger partial charge on any atom is -0.352 e. The van der Waals surface area contributed by atoms with Crippen LogP contribution in [0.2, 0.25) is 5.02 Å². The molecule has 0 saturated heterocycles. The first-order valence-corrected chi connectivity index (χ1v) is 15.5. The van der Waals surface area contributed by atoms with Gasteiger partial charge in [-0.1, -0.05) is 68.1 Å².